The summed E-state index contributed by atoms with van der Waals surface area (Å²) in [5, 5.41) is 14.8. The van der Waals surface area contributed by atoms with E-state index in [1.54, 1.807) is 24.3 Å². The number of urea groups is 1. The van der Waals surface area contributed by atoms with E-state index in [0.717, 1.165) is 37.9 Å². The Labute approximate surface area is 179 Å². The fourth-order valence-electron chi connectivity index (χ4n) is 3.47. The van der Waals surface area contributed by atoms with E-state index in [2.05, 4.69) is 5.32 Å². The number of hydrogen-bond donors (Lipinski definition) is 3. The fourth-order valence-corrected chi connectivity index (χ4v) is 5.52. The number of ether oxygens (including phenoxy) is 1. The maximum Gasteiger partial charge on any atom is 0.347 e. The second-order valence-corrected chi connectivity index (χ2v) is 10.2. The Bertz CT molecular complexity index is 713. The quantitative estimate of drug-likeness (QED) is 0.365. The zero-order chi connectivity index (χ0) is 20.3. The van der Waals surface area contributed by atoms with Crippen molar-refractivity contribution in [3.63, 3.8) is 0 Å². The summed E-state index contributed by atoms with van der Waals surface area (Å²) in [6.45, 7) is 8.95. The summed E-state index contributed by atoms with van der Waals surface area (Å²) >= 11 is 12.9. The van der Waals surface area contributed by atoms with Crippen LogP contribution in [-0.2, 0) is 4.74 Å². The number of thioether (sulfide) groups is 1. The van der Waals surface area contributed by atoms with Crippen LogP contribution in [0.1, 0.15) is 13.8 Å². The van der Waals surface area contributed by atoms with Gasteiger partial charge in [0.25, 0.3) is 0 Å². The number of anilines is 1. The number of carbonyl (C=O) groups is 1. The molecule has 2 amide bonds. The monoisotopic (exact) mass is 445 g/mol. The van der Waals surface area contributed by atoms with Crippen LogP contribution in [0.3, 0.4) is 0 Å². The van der Waals surface area contributed by atoms with Crippen LogP contribution in [0.15, 0.2) is 24.3 Å². The molecule has 3 rings (SSSR count). The number of thiocarbonyl (C=S) groups is 1. The third-order valence-electron chi connectivity index (χ3n) is 4.94. The molecule has 1 atom stereocenters. The Hall–Kier alpha value is -1.10. The van der Waals surface area contributed by atoms with Crippen LogP contribution in [0.25, 0.3) is 0 Å². The first kappa shape index (κ1) is 21.6. The van der Waals surface area contributed by atoms with Gasteiger partial charge in [-0.05, 0) is 38.1 Å². The van der Waals surface area contributed by atoms with E-state index in [0.29, 0.717) is 21.6 Å². The molecule has 1 unspecified atom stereocenters. The zero-order valence-electron chi connectivity index (χ0n) is 16.0. The van der Waals surface area contributed by atoms with Crippen LogP contribution in [0.2, 0.25) is 5.02 Å². The number of rotatable bonds is 5. The molecule has 10 heteroatoms. The van der Waals surface area contributed by atoms with Gasteiger partial charge in [0.1, 0.15) is 23.6 Å². The normalized spacial score (nSPS) is 22.4. The molecule has 7 nitrogen and oxygen atoms in total. The highest BCUT2D eigenvalue weighted by atomic mass is 35.5. The van der Waals surface area contributed by atoms with Crippen molar-refractivity contribution in [2.75, 3.05) is 44.7 Å². The number of morpholine rings is 1. The van der Waals surface area contributed by atoms with Crippen molar-refractivity contribution in [1.82, 2.24) is 9.96 Å². The fraction of sp³-hybridized carbons (Fsp3) is 0.556. The lowest BCUT2D eigenvalue weighted by molar-refractivity contribution is -0.907. The molecular weight excluding hydrogens is 420 g/mol. The Balaban J connectivity index is 1.68. The predicted molar refractivity (Wildman–Crippen MR) is 115 cm³/mol. The highest BCUT2D eigenvalue weighted by Gasteiger charge is 2.49. The lowest BCUT2D eigenvalue weighted by atomic mass is 10.1. The molecule has 0 spiro atoms. The minimum Gasteiger partial charge on any atom is -0.370 e. The van der Waals surface area contributed by atoms with Crippen molar-refractivity contribution in [2.45, 2.75) is 24.8 Å². The van der Waals surface area contributed by atoms with Gasteiger partial charge in [0.05, 0.1) is 31.1 Å². The van der Waals surface area contributed by atoms with Gasteiger partial charge in [0, 0.05) is 10.7 Å². The summed E-state index contributed by atoms with van der Waals surface area (Å²) in [6.07, 6.45) is -0.558. The number of hydroxylamine groups is 2. The van der Waals surface area contributed by atoms with Crippen molar-refractivity contribution < 1.29 is 19.6 Å². The molecule has 28 heavy (non-hydrogen) atoms. The molecule has 1 aromatic rings. The average Bonchev–Trinajstić information content (AvgIpc) is 2.89. The second-order valence-electron chi connectivity index (χ2n) is 7.43. The highest BCUT2D eigenvalue weighted by molar-refractivity contribution is 8.24. The third kappa shape index (κ3) is 5.08. The maximum atomic E-state index is 12.7. The molecular formula is C18H26ClN4O3S2+. The predicted octanol–water partition coefficient (Wildman–Crippen LogP) is 1.92. The molecule has 2 saturated heterocycles. The summed E-state index contributed by atoms with van der Waals surface area (Å²) in [4.78, 5) is 16.1. The van der Waals surface area contributed by atoms with E-state index in [1.165, 1.54) is 16.7 Å². The minimum absolute atomic E-state index is 0.441. The number of nitrogens with one attached hydrogen (secondary N) is 2. The molecule has 154 valence electrons. The van der Waals surface area contributed by atoms with E-state index in [-0.39, 0.29) is 0 Å². The summed E-state index contributed by atoms with van der Waals surface area (Å²) < 4.78 is 5.66. The van der Waals surface area contributed by atoms with E-state index in [9.17, 15) is 10.0 Å². The van der Waals surface area contributed by atoms with Gasteiger partial charge in [-0.2, -0.15) is 5.06 Å². The molecule has 2 heterocycles. The number of quaternary nitrogens is 1. The SMILES string of the molecule is CC1(C)SC(=S)N(CC[NH+]2CCOCC2)C1N(O)C(=O)Nc1ccc(Cl)cc1. The second kappa shape index (κ2) is 9.15. The largest absolute Gasteiger partial charge is 0.370 e. The van der Waals surface area contributed by atoms with E-state index >= 15 is 0 Å². The first-order valence-corrected chi connectivity index (χ1v) is 10.8. The van der Waals surface area contributed by atoms with E-state index < -0.39 is 16.9 Å². The van der Waals surface area contributed by atoms with Gasteiger partial charge in [0.15, 0.2) is 0 Å². The molecule has 0 radical (unpaired) electrons. The number of hydrogen-bond acceptors (Lipinski definition) is 5. The van der Waals surface area contributed by atoms with Crippen LogP contribution in [-0.4, -0.2) is 75.8 Å². The lowest BCUT2D eigenvalue weighted by Gasteiger charge is -2.37. The van der Waals surface area contributed by atoms with Gasteiger partial charge in [-0.15, -0.1) is 0 Å². The topological polar surface area (TPSA) is 69.5 Å². The van der Waals surface area contributed by atoms with Gasteiger partial charge in [-0.3, -0.25) is 5.21 Å². The van der Waals surface area contributed by atoms with Crippen molar-refractivity contribution in [2.24, 2.45) is 0 Å². The van der Waals surface area contributed by atoms with Gasteiger partial charge in [0.2, 0.25) is 0 Å². The Morgan fingerprint density at radius 2 is 2.07 bits per heavy atom. The zero-order valence-corrected chi connectivity index (χ0v) is 18.4. The van der Waals surface area contributed by atoms with Gasteiger partial charge in [-0.1, -0.05) is 35.6 Å². The molecule has 2 aliphatic rings. The van der Waals surface area contributed by atoms with Crippen molar-refractivity contribution >= 4 is 51.6 Å². The summed E-state index contributed by atoms with van der Waals surface area (Å²) in [5.41, 5.74) is 0.559. The average molecular weight is 446 g/mol. The van der Waals surface area contributed by atoms with E-state index in [1.807, 2.05) is 18.7 Å². The van der Waals surface area contributed by atoms with Gasteiger partial charge < -0.3 is 19.9 Å². The number of carbonyl (C=O) groups excluding carboxylic acids is 1. The van der Waals surface area contributed by atoms with Crippen molar-refractivity contribution in [1.29, 1.82) is 0 Å². The molecule has 0 aromatic heterocycles. The van der Waals surface area contributed by atoms with Crippen LogP contribution in [0, 0.1) is 0 Å². The third-order valence-corrected chi connectivity index (χ3v) is 6.83. The van der Waals surface area contributed by atoms with Crippen LogP contribution >= 0.6 is 35.6 Å². The lowest BCUT2D eigenvalue weighted by Crippen LogP contribution is -3.14. The standard InChI is InChI=1S/C18H25ClN4O3S2/c1-18(2)15(23(25)16(24)20-14-5-3-13(19)4-6-14)22(17(27)28-18)8-7-21-9-11-26-12-10-21/h3-6,15,25H,7-12H2,1-2H3,(H,20,24)/p+1. The van der Waals surface area contributed by atoms with E-state index in [4.69, 9.17) is 28.6 Å². The number of halogens is 1. The molecule has 0 bridgehead atoms. The number of benzene rings is 1. The van der Waals surface area contributed by atoms with Gasteiger partial charge >= 0.3 is 6.03 Å². The molecule has 2 aliphatic heterocycles. The Kier molecular flexibility index (Phi) is 7.06. The number of nitrogens with zero attached hydrogens (tertiary/aromatic N) is 2. The molecule has 3 N–H and O–H groups in total. The van der Waals surface area contributed by atoms with Crippen LogP contribution in [0.4, 0.5) is 10.5 Å². The summed E-state index contributed by atoms with van der Waals surface area (Å²) in [7, 11) is 0. The van der Waals surface area contributed by atoms with Crippen LogP contribution in [0.5, 0.6) is 0 Å². The Morgan fingerprint density at radius 1 is 1.43 bits per heavy atom. The van der Waals surface area contributed by atoms with Gasteiger partial charge in [-0.25, -0.2) is 4.79 Å². The summed E-state index contributed by atoms with van der Waals surface area (Å²) in [5.74, 6) is 0. The summed E-state index contributed by atoms with van der Waals surface area (Å²) in [6, 6.07) is 6.13. The van der Waals surface area contributed by atoms with Crippen molar-refractivity contribution in [3.8, 4) is 0 Å². The Morgan fingerprint density at radius 3 is 2.71 bits per heavy atom. The maximum absolute atomic E-state index is 12.7. The molecule has 0 saturated carbocycles. The minimum atomic E-state index is -0.602. The highest BCUT2D eigenvalue weighted by Crippen LogP contribution is 2.42. The molecule has 1 aromatic carbocycles. The smallest absolute Gasteiger partial charge is 0.347 e. The number of amides is 2. The first-order chi connectivity index (χ1) is 13.3. The first-order valence-electron chi connectivity index (χ1n) is 9.23. The molecule has 2 fully saturated rings. The van der Waals surface area contributed by atoms with Crippen molar-refractivity contribution in [3.05, 3.63) is 29.3 Å². The van der Waals surface area contributed by atoms with Crippen LogP contribution < -0.4 is 10.2 Å². The molecule has 0 aliphatic carbocycles.